The number of rotatable bonds is 11. The van der Waals surface area contributed by atoms with E-state index in [-0.39, 0.29) is 0 Å². The Morgan fingerprint density at radius 1 is 0.241 bits per heavy atom. The second-order valence-corrected chi connectivity index (χ2v) is 20.6. The van der Waals surface area contributed by atoms with Gasteiger partial charge in [0.1, 0.15) is 18.0 Å². The molecule has 0 fully saturated rings. The first-order chi connectivity index (χ1) is 41.2. The number of hydrogen-bond donors (Lipinski definition) is 0. The van der Waals surface area contributed by atoms with Crippen molar-refractivity contribution in [3.63, 3.8) is 0 Å². The Hall–Kier alpha value is -11.4. The maximum absolute atomic E-state index is 12.0. The zero-order chi connectivity index (χ0) is 55.6. The molecule has 0 aliphatic carbocycles. The third kappa shape index (κ3) is 8.76. The summed E-state index contributed by atoms with van der Waals surface area (Å²) in [5.74, 6) is 0.699. The van der Waals surface area contributed by atoms with Gasteiger partial charge < -0.3 is 0 Å². The van der Waals surface area contributed by atoms with Crippen molar-refractivity contribution in [3.05, 3.63) is 314 Å². The van der Waals surface area contributed by atoms with Crippen LogP contribution in [0.2, 0.25) is 0 Å². The molecule has 0 spiro atoms. The van der Waals surface area contributed by atoms with E-state index in [0.717, 1.165) is 128 Å². The number of para-hydroxylation sites is 2. The number of nitrogens with zero attached hydrogens (tertiary/aromatic N) is 4. The maximum atomic E-state index is 12.0. The largest absolute Gasteiger partial charge is 0.294 e. The summed E-state index contributed by atoms with van der Waals surface area (Å²) in [6, 6.07) is 111. The molecule has 386 valence electrons. The van der Waals surface area contributed by atoms with E-state index in [4.69, 9.17) is 4.98 Å². The molecule has 12 aromatic carbocycles. The van der Waals surface area contributed by atoms with Crippen molar-refractivity contribution in [2.75, 3.05) is 0 Å². The van der Waals surface area contributed by atoms with Crippen molar-refractivity contribution in [1.29, 1.82) is 10.5 Å². The smallest absolute Gasteiger partial charge is 0.138 e. The molecule has 0 saturated carbocycles. The van der Waals surface area contributed by atoms with Crippen LogP contribution >= 0.6 is 0 Å². The first-order valence-electron chi connectivity index (χ1n) is 27.9. The Morgan fingerprint density at radius 3 is 0.771 bits per heavy atom. The molecule has 0 saturated heterocycles. The van der Waals surface area contributed by atoms with E-state index < -0.39 is 0 Å². The van der Waals surface area contributed by atoms with E-state index in [1.165, 1.54) is 0 Å². The molecule has 0 N–H and O–H groups in total. The van der Waals surface area contributed by atoms with E-state index in [2.05, 4.69) is 247 Å². The van der Waals surface area contributed by atoms with E-state index in [0.29, 0.717) is 22.6 Å². The van der Waals surface area contributed by atoms with Gasteiger partial charge in [0, 0.05) is 49.7 Å². The number of hydrogen-bond acceptors (Lipinski definition) is 3. The second kappa shape index (κ2) is 21.7. The molecule has 0 amide bonds. The van der Waals surface area contributed by atoms with Gasteiger partial charge in [-0.05, 0) is 91.0 Å². The minimum absolute atomic E-state index is 0.562. The summed E-state index contributed by atoms with van der Waals surface area (Å²) >= 11 is 0. The Labute approximate surface area is 483 Å². The van der Waals surface area contributed by atoms with Crippen LogP contribution in [0, 0.1) is 22.7 Å². The lowest BCUT2D eigenvalue weighted by molar-refractivity contribution is 1.08. The first kappa shape index (κ1) is 49.8. The molecule has 0 aliphatic rings. The summed E-state index contributed by atoms with van der Waals surface area (Å²) < 4.78 is 2.31. The van der Waals surface area contributed by atoms with Crippen LogP contribution < -0.4 is 0 Å². The molecule has 83 heavy (non-hydrogen) atoms. The fourth-order valence-electron chi connectivity index (χ4n) is 12.5. The second-order valence-electron chi connectivity index (χ2n) is 20.6. The normalized spacial score (nSPS) is 11.1. The van der Waals surface area contributed by atoms with Gasteiger partial charge in [0.05, 0.1) is 27.9 Å². The minimum Gasteiger partial charge on any atom is -0.294 e. The molecular formula is C79H50N4. The van der Waals surface area contributed by atoms with Gasteiger partial charge in [0.15, 0.2) is 0 Å². The van der Waals surface area contributed by atoms with Gasteiger partial charge in [-0.2, -0.15) is 10.5 Å². The van der Waals surface area contributed by atoms with Gasteiger partial charge in [-0.1, -0.05) is 279 Å². The summed E-state index contributed by atoms with van der Waals surface area (Å²) in [7, 11) is 0. The number of nitriles is 2. The summed E-state index contributed by atoms with van der Waals surface area (Å²) in [4.78, 5) is 6.10. The lowest BCUT2D eigenvalue weighted by Gasteiger charge is -2.28. The lowest BCUT2D eigenvalue weighted by atomic mass is 9.75. The molecule has 4 heteroatoms. The first-order valence-corrected chi connectivity index (χ1v) is 27.9. The molecule has 0 unspecified atom stereocenters. The summed E-state index contributed by atoms with van der Waals surface area (Å²) in [5.41, 5.74) is 20.8. The molecular weight excluding hydrogens is 1000 g/mol. The third-order valence-corrected chi connectivity index (χ3v) is 15.9. The summed E-state index contributed by atoms with van der Waals surface area (Å²) in [5, 5.41) is 26.1. The number of aromatic nitrogens is 2. The molecule has 2 heterocycles. The lowest BCUT2D eigenvalue weighted by Crippen LogP contribution is -2.06. The molecule has 14 aromatic rings. The SMILES string of the molecule is N#Cc1c(-c2ccccc2)c(-c2ccccc2)c(-c2cc(-c3c(-c4ccccc4)c(-c4ccccc4)c(C#N)c(-c4ccccc4)c3-c3ccccc3)nc(-n3c4ccccc4c4ccccc43)c2)c(-c2ccccc2)c1-c1ccccc1. The molecule has 0 atom stereocenters. The van der Waals surface area contributed by atoms with E-state index >= 15 is 0 Å². The van der Waals surface area contributed by atoms with Gasteiger partial charge in [0.25, 0.3) is 0 Å². The highest BCUT2D eigenvalue weighted by molar-refractivity contribution is 6.14. The average molecular weight is 1060 g/mol. The van der Waals surface area contributed by atoms with Crippen molar-refractivity contribution >= 4 is 21.8 Å². The van der Waals surface area contributed by atoms with Crippen LogP contribution in [0.4, 0.5) is 0 Å². The predicted octanol–water partition coefficient (Wildman–Crippen LogP) is 20.6. The topological polar surface area (TPSA) is 65.4 Å². The zero-order valence-corrected chi connectivity index (χ0v) is 45.2. The zero-order valence-electron chi connectivity index (χ0n) is 45.2. The standard InChI is InChI=1S/C79H50N4/c80-51-64-70(53-29-9-1-10-30-53)74(57-37-17-5-18-38-57)78(75(58-39-19-6-20-40-58)71(64)54-31-11-2-12-32-54)61-49-66(82-69(50-61)83-67-47-27-25-45-62(67)63-46-26-28-48-68(63)83)79-76(59-41-21-7-22-42-59)72(55-33-13-3-14-34-55)65(52-81)73(56-35-15-4-16-36-56)77(79)60-43-23-8-24-44-60/h1-50H. The predicted molar refractivity (Wildman–Crippen MR) is 342 cm³/mol. The highest BCUT2D eigenvalue weighted by Gasteiger charge is 2.33. The molecule has 0 bridgehead atoms. The summed E-state index contributed by atoms with van der Waals surface area (Å²) in [6.45, 7) is 0. The Morgan fingerprint density at radius 2 is 0.482 bits per heavy atom. The average Bonchev–Trinajstić information content (AvgIpc) is 1.86. The van der Waals surface area contributed by atoms with Crippen LogP contribution in [0.3, 0.4) is 0 Å². The van der Waals surface area contributed by atoms with Crippen molar-refractivity contribution in [2.45, 2.75) is 0 Å². The van der Waals surface area contributed by atoms with E-state index in [1.54, 1.807) is 0 Å². The van der Waals surface area contributed by atoms with Gasteiger partial charge in [-0.3, -0.25) is 4.57 Å². The van der Waals surface area contributed by atoms with Crippen LogP contribution in [0.1, 0.15) is 11.1 Å². The minimum atomic E-state index is 0.562. The van der Waals surface area contributed by atoms with Gasteiger partial charge >= 0.3 is 0 Å². The Bertz CT molecular complexity index is 4280. The number of pyridine rings is 1. The Kier molecular flexibility index (Phi) is 13.0. The van der Waals surface area contributed by atoms with Crippen molar-refractivity contribution in [3.8, 4) is 129 Å². The monoisotopic (exact) mass is 1050 g/mol. The van der Waals surface area contributed by atoms with Crippen LogP contribution in [0.15, 0.2) is 303 Å². The van der Waals surface area contributed by atoms with Crippen LogP contribution in [0.5, 0.6) is 0 Å². The number of benzene rings is 12. The summed E-state index contributed by atoms with van der Waals surface area (Å²) in [6.07, 6.45) is 0. The van der Waals surface area contributed by atoms with Gasteiger partial charge in [-0.15, -0.1) is 0 Å². The molecule has 4 nitrogen and oxygen atoms in total. The highest BCUT2D eigenvalue weighted by atomic mass is 15.1. The van der Waals surface area contributed by atoms with Crippen molar-refractivity contribution in [2.24, 2.45) is 0 Å². The fourth-order valence-corrected chi connectivity index (χ4v) is 12.5. The third-order valence-electron chi connectivity index (χ3n) is 15.9. The van der Waals surface area contributed by atoms with Crippen LogP contribution in [0.25, 0.3) is 139 Å². The quantitative estimate of drug-likeness (QED) is 0.130. The van der Waals surface area contributed by atoms with Gasteiger partial charge in [-0.25, -0.2) is 4.98 Å². The molecule has 14 rings (SSSR count). The van der Waals surface area contributed by atoms with Crippen LogP contribution in [-0.2, 0) is 0 Å². The van der Waals surface area contributed by atoms with E-state index in [1.807, 2.05) is 72.8 Å². The fraction of sp³-hybridized carbons (Fsp3) is 0. The van der Waals surface area contributed by atoms with Crippen molar-refractivity contribution in [1.82, 2.24) is 9.55 Å². The van der Waals surface area contributed by atoms with Crippen molar-refractivity contribution < 1.29 is 0 Å². The number of fused-ring (bicyclic) bond motifs is 3. The van der Waals surface area contributed by atoms with Gasteiger partial charge in [0.2, 0.25) is 0 Å². The molecule has 0 radical (unpaired) electrons. The van der Waals surface area contributed by atoms with Crippen LogP contribution in [-0.4, -0.2) is 9.55 Å². The van der Waals surface area contributed by atoms with E-state index in [9.17, 15) is 10.5 Å². The highest BCUT2D eigenvalue weighted by Crippen LogP contribution is 2.56. The Balaban J connectivity index is 1.28. The maximum Gasteiger partial charge on any atom is 0.138 e. The molecule has 0 aliphatic heterocycles. The molecule has 2 aromatic heterocycles.